The van der Waals surface area contributed by atoms with Crippen molar-refractivity contribution >= 4 is 15.7 Å². The molecule has 0 radical (unpaired) electrons. The second-order valence-electron chi connectivity index (χ2n) is 4.59. The zero-order valence-corrected chi connectivity index (χ0v) is 7.76. The molecule has 11 heavy (non-hydrogen) atoms. The predicted molar refractivity (Wildman–Crippen MR) is 51.6 cm³/mol. The quantitative estimate of drug-likeness (QED) is 0.509. The fourth-order valence-corrected chi connectivity index (χ4v) is 3.19. The molecule has 0 aromatic heterocycles. The fourth-order valence-electron chi connectivity index (χ4n) is 3.19. The van der Waals surface area contributed by atoms with Gasteiger partial charge in [-0.25, -0.2) is 0 Å². The molecule has 0 amide bonds. The van der Waals surface area contributed by atoms with E-state index in [9.17, 15) is 0 Å². The Morgan fingerprint density at radius 3 is 2.73 bits per heavy atom. The standard InChI is InChI=1S/C8H16B2O/c1-11-3-2-8(10)5-4-6(9)7(5)8/h5-7H,2-4,9-10H2,1H3. The Bertz CT molecular complexity index is 173. The van der Waals surface area contributed by atoms with E-state index >= 15 is 0 Å². The van der Waals surface area contributed by atoms with E-state index in [2.05, 4.69) is 15.7 Å². The molecule has 2 rings (SSSR count). The molecule has 60 valence electrons. The number of hydrogen-bond donors (Lipinski definition) is 0. The van der Waals surface area contributed by atoms with Crippen LogP contribution in [0.2, 0.25) is 11.1 Å². The van der Waals surface area contributed by atoms with Crippen LogP contribution in [0.3, 0.4) is 0 Å². The van der Waals surface area contributed by atoms with Gasteiger partial charge in [0, 0.05) is 13.7 Å². The molecule has 0 heterocycles. The van der Waals surface area contributed by atoms with Crippen LogP contribution in [0.25, 0.3) is 0 Å². The van der Waals surface area contributed by atoms with Crippen LogP contribution in [0.1, 0.15) is 12.8 Å². The van der Waals surface area contributed by atoms with E-state index in [-0.39, 0.29) is 0 Å². The summed E-state index contributed by atoms with van der Waals surface area (Å²) in [6, 6.07) is 0. The van der Waals surface area contributed by atoms with Gasteiger partial charge in [0.25, 0.3) is 0 Å². The first kappa shape index (κ1) is 7.72. The first-order chi connectivity index (χ1) is 5.20. The summed E-state index contributed by atoms with van der Waals surface area (Å²) >= 11 is 0. The monoisotopic (exact) mass is 150 g/mol. The van der Waals surface area contributed by atoms with Crippen LogP contribution in [0.5, 0.6) is 0 Å². The van der Waals surface area contributed by atoms with Crippen molar-refractivity contribution < 1.29 is 4.74 Å². The molecule has 0 saturated heterocycles. The Kier molecular flexibility index (Phi) is 1.61. The number of hydrogen-bond acceptors (Lipinski definition) is 1. The molecule has 0 bridgehead atoms. The summed E-state index contributed by atoms with van der Waals surface area (Å²) < 4.78 is 5.12. The molecule has 2 saturated carbocycles. The lowest BCUT2D eigenvalue weighted by molar-refractivity contribution is 0.190. The lowest BCUT2D eigenvalue weighted by atomic mass is 9.70. The average Bonchev–Trinajstić information content (AvgIpc) is 2.44. The molecule has 2 fully saturated rings. The van der Waals surface area contributed by atoms with Crippen molar-refractivity contribution in [3.05, 3.63) is 0 Å². The topological polar surface area (TPSA) is 9.23 Å². The summed E-state index contributed by atoms with van der Waals surface area (Å²) in [7, 11) is 6.63. The van der Waals surface area contributed by atoms with Crippen LogP contribution >= 0.6 is 0 Å². The van der Waals surface area contributed by atoms with Gasteiger partial charge in [0.2, 0.25) is 0 Å². The van der Waals surface area contributed by atoms with E-state index in [0.29, 0.717) is 5.31 Å². The highest BCUT2D eigenvalue weighted by Crippen LogP contribution is 2.80. The zero-order chi connectivity index (χ0) is 8.06. The van der Waals surface area contributed by atoms with E-state index < -0.39 is 0 Å². The van der Waals surface area contributed by atoms with Crippen molar-refractivity contribution in [2.75, 3.05) is 13.7 Å². The third-order valence-corrected chi connectivity index (χ3v) is 4.02. The van der Waals surface area contributed by atoms with Gasteiger partial charge in [-0.3, -0.25) is 0 Å². The van der Waals surface area contributed by atoms with Gasteiger partial charge in [0.1, 0.15) is 15.7 Å². The van der Waals surface area contributed by atoms with Crippen molar-refractivity contribution in [2.24, 2.45) is 11.8 Å². The highest BCUT2D eigenvalue weighted by atomic mass is 16.5. The number of ether oxygens (including phenoxy) is 1. The van der Waals surface area contributed by atoms with Gasteiger partial charge in [-0.2, -0.15) is 0 Å². The summed E-state index contributed by atoms with van der Waals surface area (Å²) in [5.74, 6) is 3.12. The third kappa shape index (κ3) is 0.900. The van der Waals surface area contributed by atoms with Crippen LogP contribution in [0.15, 0.2) is 0 Å². The highest BCUT2D eigenvalue weighted by Gasteiger charge is 2.68. The highest BCUT2D eigenvalue weighted by molar-refractivity contribution is 6.22. The van der Waals surface area contributed by atoms with Crippen LogP contribution < -0.4 is 0 Å². The fraction of sp³-hybridized carbons (Fsp3) is 1.00. The Hall–Kier alpha value is 0.0899. The van der Waals surface area contributed by atoms with E-state index in [1.165, 1.54) is 12.8 Å². The van der Waals surface area contributed by atoms with Crippen LogP contribution in [-0.4, -0.2) is 29.4 Å². The number of rotatable bonds is 3. The third-order valence-electron chi connectivity index (χ3n) is 4.02. The van der Waals surface area contributed by atoms with E-state index in [0.717, 1.165) is 24.3 Å². The molecule has 0 aromatic carbocycles. The van der Waals surface area contributed by atoms with Crippen molar-refractivity contribution in [1.29, 1.82) is 0 Å². The predicted octanol–water partition coefficient (Wildman–Crippen LogP) is -0.114. The lowest BCUT2D eigenvalue weighted by Crippen LogP contribution is -2.08. The smallest absolute Gasteiger partial charge is 0.110 e. The van der Waals surface area contributed by atoms with Crippen LogP contribution in [0.4, 0.5) is 0 Å². The molecule has 0 spiro atoms. The molecular formula is C8H16B2O. The van der Waals surface area contributed by atoms with Gasteiger partial charge in [-0.1, -0.05) is 17.6 Å². The Morgan fingerprint density at radius 2 is 2.36 bits per heavy atom. The van der Waals surface area contributed by atoms with Crippen molar-refractivity contribution in [3.63, 3.8) is 0 Å². The minimum Gasteiger partial charge on any atom is -0.385 e. The van der Waals surface area contributed by atoms with E-state index in [1.54, 1.807) is 7.11 Å². The van der Waals surface area contributed by atoms with Gasteiger partial charge in [0.05, 0.1) is 0 Å². The Labute approximate surface area is 70.7 Å². The normalized spacial score (nSPS) is 53.0. The van der Waals surface area contributed by atoms with Crippen LogP contribution in [0, 0.1) is 11.8 Å². The van der Waals surface area contributed by atoms with Gasteiger partial charge in [-0.15, -0.1) is 0 Å². The SMILES string of the molecule is BC1CC2C1C2(B)CCOC. The van der Waals surface area contributed by atoms with Crippen LogP contribution in [-0.2, 0) is 4.74 Å². The Balaban J connectivity index is 1.85. The maximum absolute atomic E-state index is 5.12. The average molecular weight is 150 g/mol. The van der Waals surface area contributed by atoms with Gasteiger partial charge in [0.15, 0.2) is 0 Å². The van der Waals surface area contributed by atoms with E-state index in [4.69, 9.17) is 4.74 Å². The number of fused-ring (bicyclic) bond motifs is 1. The minimum absolute atomic E-state index is 0.676. The molecule has 2 aliphatic rings. The minimum atomic E-state index is 0.676. The molecule has 4 unspecified atom stereocenters. The first-order valence-corrected chi connectivity index (χ1v) is 4.69. The van der Waals surface area contributed by atoms with Gasteiger partial charge in [-0.05, 0) is 18.3 Å². The van der Waals surface area contributed by atoms with Gasteiger partial charge < -0.3 is 4.74 Å². The summed E-state index contributed by atoms with van der Waals surface area (Å²) in [5, 5.41) is 0.676. The second kappa shape index (κ2) is 2.29. The zero-order valence-electron chi connectivity index (χ0n) is 7.76. The maximum Gasteiger partial charge on any atom is 0.110 e. The molecule has 4 atom stereocenters. The molecule has 0 aromatic rings. The van der Waals surface area contributed by atoms with E-state index in [1.807, 2.05) is 0 Å². The molecular weight excluding hydrogens is 134 g/mol. The van der Waals surface area contributed by atoms with Gasteiger partial charge >= 0.3 is 0 Å². The molecule has 0 aliphatic heterocycles. The molecule has 1 nitrogen and oxygen atoms in total. The van der Waals surface area contributed by atoms with Crippen molar-refractivity contribution in [1.82, 2.24) is 0 Å². The molecule has 3 heteroatoms. The Morgan fingerprint density at radius 1 is 1.64 bits per heavy atom. The second-order valence-corrected chi connectivity index (χ2v) is 4.59. The summed E-state index contributed by atoms with van der Waals surface area (Å²) in [6.07, 6.45) is 2.76. The van der Waals surface area contributed by atoms with Crippen molar-refractivity contribution in [2.45, 2.75) is 24.0 Å². The largest absolute Gasteiger partial charge is 0.385 e. The maximum atomic E-state index is 5.12. The first-order valence-electron chi connectivity index (χ1n) is 4.69. The summed E-state index contributed by atoms with van der Waals surface area (Å²) in [4.78, 5) is 0. The molecule has 2 aliphatic carbocycles. The number of methoxy groups -OCH3 is 1. The summed E-state index contributed by atoms with van der Waals surface area (Å²) in [5.41, 5.74) is 0. The summed E-state index contributed by atoms with van der Waals surface area (Å²) in [6.45, 7) is 0.955. The molecule has 0 N–H and O–H groups in total. The van der Waals surface area contributed by atoms with Crippen molar-refractivity contribution in [3.8, 4) is 0 Å². The lowest BCUT2D eigenvalue weighted by Gasteiger charge is -2.18.